The van der Waals surface area contributed by atoms with Crippen molar-refractivity contribution in [2.45, 2.75) is 70.9 Å². The first kappa shape index (κ1) is 14.4. The molecule has 1 aliphatic carbocycles. The molecule has 1 aliphatic heterocycles. The smallest absolute Gasteiger partial charge is 0.246 e. The van der Waals surface area contributed by atoms with Crippen molar-refractivity contribution in [2.24, 2.45) is 5.92 Å². The molecule has 1 saturated carbocycles. The van der Waals surface area contributed by atoms with Gasteiger partial charge in [-0.05, 0) is 39.0 Å². The van der Waals surface area contributed by atoms with Gasteiger partial charge in [0.1, 0.15) is 11.6 Å². The third-order valence-electron chi connectivity index (χ3n) is 4.38. The van der Waals surface area contributed by atoms with E-state index < -0.39 is 5.54 Å². The molecule has 1 N–H and O–H groups in total. The quantitative estimate of drug-likeness (QED) is 0.748. The number of amides is 2. The van der Waals surface area contributed by atoms with Crippen LogP contribution in [0.15, 0.2) is 0 Å². The van der Waals surface area contributed by atoms with Crippen LogP contribution < -0.4 is 5.32 Å². The highest BCUT2D eigenvalue weighted by molar-refractivity contribution is 5.99. The molecule has 2 fully saturated rings. The largest absolute Gasteiger partial charge is 0.342 e. The summed E-state index contributed by atoms with van der Waals surface area (Å²) < 4.78 is 0. The van der Waals surface area contributed by atoms with E-state index in [0.717, 1.165) is 25.7 Å². The fourth-order valence-electron chi connectivity index (χ4n) is 2.78. The number of nitrogens with one attached hydrogen (secondary N) is 1. The summed E-state index contributed by atoms with van der Waals surface area (Å²) in [7, 11) is 0. The molecule has 4 nitrogen and oxygen atoms in total. The zero-order valence-corrected chi connectivity index (χ0v) is 12.4. The molecule has 2 amide bonds. The summed E-state index contributed by atoms with van der Waals surface area (Å²) in [5.74, 6) is 0.508. The van der Waals surface area contributed by atoms with Crippen molar-refractivity contribution in [1.82, 2.24) is 10.2 Å². The molecule has 0 aromatic heterocycles. The first-order valence-electron chi connectivity index (χ1n) is 7.61. The molecule has 19 heavy (non-hydrogen) atoms. The van der Waals surface area contributed by atoms with Gasteiger partial charge < -0.3 is 10.2 Å². The summed E-state index contributed by atoms with van der Waals surface area (Å²) in [5, 5.41) is 2.92. The molecular formula is C15H26N2O2. The predicted octanol–water partition coefficient (Wildman–Crippen LogP) is 2.08. The number of carbonyl (C=O) groups excluding carboxylic acids is 2. The SMILES string of the molecule is CCCCCCN1C(=O)C(C2CC2)NC(=O)C1(C)C. The zero-order chi connectivity index (χ0) is 14.0. The number of hydrogen-bond donors (Lipinski definition) is 1. The monoisotopic (exact) mass is 266 g/mol. The van der Waals surface area contributed by atoms with Gasteiger partial charge in [0.15, 0.2) is 0 Å². The Bertz CT molecular complexity index is 361. The molecule has 0 bridgehead atoms. The molecule has 4 heteroatoms. The second-order valence-electron chi connectivity index (χ2n) is 6.40. The standard InChI is InChI=1S/C15H26N2O2/c1-4-5-6-7-10-17-13(18)12(11-8-9-11)16-14(19)15(17,2)3/h11-12H,4-10H2,1-3H3,(H,16,19). The minimum Gasteiger partial charge on any atom is -0.342 e. The van der Waals surface area contributed by atoms with Crippen LogP contribution in [-0.4, -0.2) is 34.8 Å². The van der Waals surface area contributed by atoms with Crippen molar-refractivity contribution in [2.75, 3.05) is 6.54 Å². The van der Waals surface area contributed by atoms with E-state index in [0.29, 0.717) is 12.5 Å². The lowest BCUT2D eigenvalue weighted by atomic mass is 9.93. The fraction of sp³-hybridized carbons (Fsp3) is 0.867. The topological polar surface area (TPSA) is 49.4 Å². The Balaban J connectivity index is 2.01. The Hall–Kier alpha value is -1.06. The lowest BCUT2D eigenvalue weighted by Gasteiger charge is -2.44. The maximum absolute atomic E-state index is 12.5. The molecule has 2 aliphatic rings. The van der Waals surface area contributed by atoms with Crippen LogP contribution in [0.3, 0.4) is 0 Å². The van der Waals surface area contributed by atoms with Gasteiger partial charge in [0.2, 0.25) is 11.8 Å². The van der Waals surface area contributed by atoms with Crippen LogP contribution in [0.5, 0.6) is 0 Å². The average Bonchev–Trinajstić information content (AvgIpc) is 3.17. The van der Waals surface area contributed by atoms with Crippen LogP contribution in [0.25, 0.3) is 0 Å². The molecule has 0 radical (unpaired) electrons. The molecule has 108 valence electrons. The van der Waals surface area contributed by atoms with Crippen LogP contribution in [-0.2, 0) is 9.59 Å². The van der Waals surface area contributed by atoms with Crippen LogP contribution in [0.2, 0.25) is 0 Å². The average molecular weight is 266 g/mol. The number of hydrogen-bond acceptors (Lipinski definition) is 2. The molecule has 1 unspecified atom stereocenters. The third-order valence-corrected chi connectivity index (χ3v) is 4.38. The maximum atomic E-state index is 12.5. The van der Waals surface area contributed by atoms with Crippen LogP contribution in [0.4, 0.5) is 0 Å². The van der Waals surface area contributed by atoms with E-state index in [-0.39, 0.29) is 17.9 Å². The molecule has 1 saturated heterocycles. The van der Waals surface area contributed by atoms with E-state index in [2.05, 4.69) is 12.2 Å². The number of piperazine rings is 1. The van der Waals surface area contributed by atoms with Gasteiger partial charge >= 0.3 is 0 Å². The minimum absolute atomic E-state index is 0.000471. The first-order chi connectivity index (χ1) is 8.98. The van der Waals surface area contributed by atoms with Gasteiger partial charge in [-0.1, -0.05) is 26.2 Å². The van der Waals surface area contributed by atoms with Gasteiger partial charge in [-0.15, -0.1) is 0 Å². The second kappa shape index (κ2) is 5.51. The van der Waals surface area contributed by atoms with E-state index in [9.17, 15) is 9.59 Å². The Kier molecular flexibility index (Phi) is 4.16. The lowest BCUT2D eigenvalue weighted by Crippen LogP contribution is -2.68. The Morgan fingerprint density at radius 2 is 1.89 bits per heavy atom. The van der Waals surface area contributed by atoms with E-state index in [4.69, 9.17) is 0 Å². The van der Waals surface area contributed by atoms with Gasteiger partial charge in [-0.2, -0.15) is 0 Å². The summed E-state index contributed by atoms with van der Waals surface area (Å²) in [5.41, 5.74) is -0.700. The summed E-state index contributed by atoms with van der Waals surface area (Å²) in [6, 6.07) is -0.258. The van der Waals surface area contributed by atoms with Gasteiger partial charge in [0.05, 0.1) is 0 Å². The Morgan fingerprint density at radius 1 is 1.21 bits per heavy atom. The molecule has 1 heterocycles. The number of unbranched alkanes of at least 4 members (excludes halogenated alkanes) is 3. The molecule has 0 aromatic rings. The zero-order valence-electron chi connectivity index (χ0n) is 12.4. The van der Waals surface area contributed by atoms with Crippen molar-refractivity contribution in [3.63, 3.8) is 0 Å². The van der Waals surface area contributed by atoms with Gasteiger partial charge in [-0.3, -0.25) is 9.59 Å². The Labute approximate surface area is 115 Å². The van der Waals surface area contributed by atoms with Gasteiger partial charge in [-0.25, -0.2) is 0 Å². The van der Waals surface area contributed by atoms with E-state index in [1.54, 1.807) is 0 Å². The van der Waals surface area contributed by atoms with Gasteiger partial charge in [0.25, 0.3) is 0 Å². The highest BCUT2D eigenvalue weighted by Gasteiger charge is 2.50. The highest BCUT2D eigenvalue weighted by Crippen LogP contribution is 2.36. The molecular weight excluding hydrogens is 240 g/mol. The third kappa shape index (κ3) is 2.93. The molecule has 1 atom stereocenters. The van der Waals surface area contributed by atoms with Crippen LogP contribution in [0, 0.1) is 5.92 Å². The second-order valence-corrected chi connectivity index (χ2v) is 6.40. The molecule has 0 aromatic carbocycles. The van der Waals surface area contributed by atoms with Crippen LogP contribution >= 0.6 is 0 Å². The fourth-order valence-corrected chi connectivity index (χ4v) is 2.78. The lowest BCUT2D eigenvalue weighted by molar-refractivity contribution is -0.156. The normalized spacial score (nSPS) is 26.5. The first-order valence-corrected chi connectivity index (χ1v) is 7.61. The van der Waals surface area contributed by atoms with E-state index in [1.165, 1.54) is 12.8 Å². The van der Waals surface area contributed by atoms with Crippen LogP contribution in [0.1, 0.15) is 59.3 Å². The summed E-state index contributed by atoms with van der Waals surface area (Å²) in [6.07, 6.45) is 6.64. The number of nitrogens with zero attached hydrogens (tertiary/aromatic N) is 1. The van der Waals surface area contributed by atoms with Crippen molar-refractivity contribution >= 4 is 11.8 Å². The van der Waals surface area contributed by atoms with Gasteiger partial charge in [0, 0.05) is 6.54 Å². The molecule has 0 spiro atoms. The van der Waals surface area contributed by atoms with Crippen molar-refractivity contribution < 1.29 is 9.59 Å². The van der Waals surface area contributed by atoms with Crippen molar-refractivity contribution in [3.8, 4) is 0 Å². The van der Waals surface area contributed by atoms with E-state index in [1.807, 2.05) is 18.7 Å². The highest BCUT2D eigenvalue weighted by atomic mass is 16.2. The Morgan fingerprint density at radius 3 is 2.47 bits per heavy atom. The van der Waals surface area contributed by atoms with E-state index >= 15 is 0 Å². The van der Waals surface area contributed by atoms with Crippen molar-refractivity contribution in [3.05, 3.63) is 0 Å². The van der Waals surface area contributed by atoms with Crippen molar-refractivity contribution in [1.29, 1.82) is 0 Å². The summed E-state index contributed by atoms with van der Waals surface area (Å²) in [6.45, 7) is 6.58. The number of rotatable bonds is 6. The maximum Gasteiger partial charge on any atom is 0.246 e. The minimum atomic E-state index is -0.700. The number of carbonyl (C=O) groups is 2. The summed E-state index contributed by atoms with van der Waals surface area (Å²) in [4.78, 5) is 26.6. The predicted molar refractivity (Wildman–Crippen MR) is 74.6 cm³/mol. The molecule has 2 rings (SSSR count). The summed E-state index contributed by atoms with van der Waals surface area (Å²) >= 11 is 0.